The second-order valence-electron chi connectivity index (χ2n) is 23.0. The third-order valence-corrected chi connectivity index (χ3v) is 17.5. The first-order valence-corrected chi connectivity index (χ1v) is 27.9. The average molecular weight is 994 g/mol. The number of nitrogens with two attached hydrogens (primary N) is 1. The first kappa shape index (κ1) is 60.3. The number of benzene rings is 1. The van der Waals surface area contributed by atoms with E-state index in [4.69, 9.17) is 20.0 Å². The molecule has 13 nitrogen and oxygen atoms in total. The lowest BCUT2D eigenvalue weighted by molar-refractivity contribution is -0.203. The van der Waals surface area contributed by atoms with E-state index in [9.17, 15) is 24.0 Å². The summed E-state index contributed by atoms with van der Waals surface area (Å²) in [6, 6.07) is 9.62. The fraction of sp³-hybridized carbons (Fsp3) is 0.810. The molecule has 0 spiro atoms. The van der Waals surface area contributed by atoms with E-state index < -0.39 is 23.0 Å². The van der Waals surface area contributed by atoms with Gasteiger partial charge in [-0.15, -0.1) is 0 Å². The van der Waals surface area contributed by atoms with E-state index in [2.05, 4.69) is 63.9 Å². The zero-order valence-corrected chi connectivity index (χ0v) is 46.4. The van der Waals surface area contributed by atoms with Gasteiger partial charge in [0.2, 0.25) is 11.8 Å². The van der Waals surface area contributed by atoms with Gasteiger partial charge in [0.1, 0.15) is 12.1 Å². The van der Waals surface area contributed by atoms with Crippen molar-refractivity contribution in [3.05, 3.63) is 35.9 Å². The maximum Gasteiger partial charge on any atom is 0.252 e. The molecule has 12 unspecified atom stereocenters. The van der Waals surface area contributed by atoms with Gasteiger partial charge < -0.3 is 30.2 Å². The summed E-state index contributed by atoms with van der Waals surface area (Å²) in [6.07, 6.45) is 12.5. The van der Waals surface area contributed by atoms with E-state index in [1.807, 2.05) is 50.9 Å². The maximum absolute atomic E-state index is 14.5. The number of Topliss-reactive ketones (excluding diaryl/α,β-unsaturated/α-hetero) is 1. The maximum atomic E-state index is 14.5. The summed E-state index contributed by atoms with van der Waals surface area (Å²) in [5.74, 6) is 0.224. The quantitative estimate of drug-likeness (QED) is 0.0513. The van der Waals surface area contributed by atoms with Crippen LogP contribution in [0.3, 0.4) is 0 Å². The smallest absolute Gasteiger partial charge is 0.252 e. The molecule has 3 aliphatic rings. The van der Waals surface area contributed by atoms with Crippen molar-refractivity contribution in [1.82, 2.24) is 20.2 Å². The van der Waals surface area contributed by atoms with Gasteiger partial charge >= 0.3 is 0 Å². The lowest BCUT2D eigenvalue weighted by Gasteiger charge is -2.41. The van der Waals surface area contributed by atoms with E-state index in [1.54, 1.807) is 19.3 Å². The minimum atomic E-state index is -1.03. The Bertz CT molecular complexity index is 1790. The Labute approximate surface area is 430 Å². The number of hydrogen-bond donors (Lipinski definition) is 2. The first-order valence-electron chi connectivity index (χ1n) is 27.9. The molecule has 71 heavy (non-hydrogen) atoms. The van der Waals surface area contributed by atoms with Crippen LogP contribution in [0.4, 0.5) is 0 Å². The highest BCUT2D eigenvalue weighted by molar-refractivity contribution is 5.88. The molecule has 2 heterocycles. The van der Waals surface area contributed by atoms with Crippen molar-refractivity contribution in [2.75, 3.05) is 54.1 Å². The Morgan fingerprint density at radius 2 is 1.62 bits per heavy atom. The van der Waals surface area contributed by atoms with Crippen molar-refractivity contribution < 1.29 is 38.3 Å². The lowest BCUT2D eigenvalue weighted by atomic mass is 9.72. The van der Waals surface area contributed by atoms with Gasteiger partial charge in [-0.2, -0.15) is 0 Å². The molecular formula is C58H99N5O8. The van der Waals surface area contributed by atoms with Gasteiger partial charge in [-0.05, 0) is 138 Å². The summed E-state index contributed by atoms with van der Waals surface area (Å²) >= 11 is 0. The number of likely N-dealkylation sites (tertiary alicyclic amines) is 1. The number of amides is 3. The van der Waals surface area contributed by atoms with Crippen molar-refractivity contribution in [1.29, 1.82) is 0 Å². The normalized spacial score (nSPS) is 23.7. The molecule has 3 N–H and O–H groups in total. The Kier molecular flexibility index (Phi) is 24.7. The minimum absolute atomic E-state index is 0.0128. The molecule has 0 bridgehead atoms. The van der Waals surface area contributed by atoms with Crippen LogP contribution in [-0.4, -0.2) is 129 Å². The number of aldehydes is 1. The number of carbonyl (C=O) groups excluding carboxylic acids is 5. The van der Waals surface area contributed by atoms with Gasteiger partial charge in [-0.3, -0.25) is 28.9 Å². The number of nitrogens with one attached hydrogen (secondary N) is 1. The van der Waals surface area contributed by atoms with Crippen LogP contribution < -0.4 is 11.1 Å². The molecule has 1 saturated carbocycles. The predicted molar refractivity (Wildman–Crippen MR) is 283 cm³/mol. The fourth-order valence-corrected chi connectivity index (χ4v) is 12.3. The predicted octanol–water partition coefficient (Wildman–Crippen LogP) is 9.40. The standard InChI is InChI=1S/C58H99N5O8/c1-13-42(6)47(35-43(7)44(8)37-58(39-64,41(4)5)60-55(67)53(40(2)3)61(10)31-20-15-14-19-30-59)51(69-11)36-52(66)62-32-24-27-49(62)54(70-12)45(9)50(65)28-23-29-57(56(68)63-33-21-22-34-71-63)38-48(57)46-25-17-16-18-26-46/h16-18,25-26,39-45,47-49,51,53-54H,13-15,19-24,27-38,59H2,1-12H3,(H,60,67). The largest absolute Gasteiger partial charge is 0.381 e. The monoisotopic (exact) mass is 994 g/mol. The summed E-state index contributed by atoms with van der Waals surface area (Å²) in [6.45, 7) is 22.2. The number of unbranched alkanes of at least 4 members (excludes halogenated alkanes) is 3. The second kappa shape index (κ2) is 29.0. The topological polar surface area (TPSA) is 161 Å². The summed E-state index contributed by atoms with van der Waals surface area (Å²) < 4.78 is 12.4. The first-order chi connectivity index (χ1) is 33.9. The average Bonchev–Trinajstić information content (AvgIpc) is 3.90. The van der Waals surface area contributed by atoms with Gasteiger partial charge in [-0.1, -0.05) is 112 Å². The van der Waals surface area contributed by atoms with Crippen LogP contribution in [0.25, 0.3) is 0 Å². The van der Waals surface area contributed by atoms with E-state index in [0.717, 1.165) is 89.0 Å². The zero-order chi connectivity index (χ0) is 52.5. The van der Waals surface area contributed by atoms with Crippen molar-refractivity contribution in [2.45, 2.75) is 201 Å². The number of carbonyl (C=O) groups is 5. The Morgan fingerprint density at radius 1 is 0.915 bits per heavy atom. The number of rotatable bonds is 33. The van der Waals surface area contributed by atoms with Crippen LogP contribution in [0.2, 0.25) is 0 Å². The van der Waals surface area contributed by atoms with Gasteiger partial charge in [0.15, 0.2) is 0 Å². The molecule has 3 fully saturated rings. The number of ether oxygens (including phenoxy) is 2. The molecule has 0 aromatic heterocycles. The highest BCUT2D eigenvalue weighted by Gasteiger charge is 2.61. The third-order valence-electron chi connectivity index (χ3n) is 17.5. The van der Waals surface area contributed by atoms with Crippen molar-refractivity contribution in [3.8, 4) is 0 Å². The van der Waals surface area contributed by atoms with Gasteiger partial charge in [-0.25, -0.2) is 5.06 Å². The molecule has 1 aliphatic carbocycles. The lowest BCUT2D eigenvalue weighted by Crippen LogP contribution is -2.60. The number of methoxy groups -OCH3 is 2. The third kappa shape index (κ3) is 15.9. The van der Waals surface area contributed by atoms with E-state index >= 15 is 0 Å². The number of ketones is 1. The van der Waals surface area contributed by atoms with Crippen LogP contribution >= 0.6 is 0 Å². The number of hydroxylamine groups is 2. The summed E-state index contributed by atoms with van der Waals surface area (Å²) in [5.41, 5.74) is 5.25. The molecule has 2 saturated heterocycles. The number of nitrogens with zero attached hydrogens (tertiary/aromatic N) is 3. The van der Waals surface area contributed by atoms with Gasteiger partial charge in [0.25, 0.3) is 5.91 Å². The van der Waals surface area contributed by atoms with Crippen LogP contribution in [0.5, 0.6) is 0 Å². The fourth-order valence-electron chi connectivity index (χ4n) is 12.3. The van der Waals surface area contributed by atoms with E-state index in [-0.39, 0.29) is 89.5 Å². The second-order valence-corrected chi connectivity index (χ2v) is 23.0. The molecule has 404 valence electrons. The van der Waals surface area contributed by atoms with E-state index in [0.29, 0.717) is 51.9 Å². The van der Waals surface area contributed by atoms with Gasteiger partial charge in [0, 0.05) is 39.6 Å². The highest BCUT2D eigenvalue weighted by atomic mass is 16.7. The molecular weight excluding hydrogens is 895 g/mol. The van der Waals surface area contributed by atoms with Crippen molar-refractivity contribution >= 4 is 29.8 Å². The summed E-state index contributed by atoms with van der Waals surface area (Å²) in [4.78, 5) is 79.9. The molecule has 12 atom stereocenters. The van der Waals surface area contributed by atoms with Crippen LogP contribution in [0.15, 0.2) is 30.3 Å². The number of likely N-dealkylation sites (N-methyl/N-ethyl adjacent to an activating group) is 1. The number of hydrogen-bond acceptors (Lipinski definition) is 10. The molecule has 2 aliphatic heterocycles. The molecule has 4 rings (SSSR count). The molecule has 1 aromatic rings. The zero-order valence-electron chi connectivity index (χ0n) is 46.4. The van der Waals surface area contributed by atoms with E-state index in [1.165, 1.54) is 0 Å². The Hall–Kier alpha value is -3.23. The van der Waals surface area contributed by atoms with Crippen LogP contribution in [0.1, 0.15) is 177 Å². The summed E-state index contributed by atoms with van der Waals surface area (Å²) in [5, 5.41) is 4.88. The molecule has 13 heteroatoms. The van der Waals surface area contributed by atoms with Crippen LogP contribution in [-0.2, 0) is 38.3 Å². The highest BCUT2D eigenvalue weighted by Crippen LogP contribution is 2.63. The van der Waals surface area contributed by atoms with Crippen molar-refractivity contribution in [2.24, 2.45) is 52.6 Å². The molecule has 1 aromatic carbocycles. The Morgan fingerprint density at radius 3 is 2.21 bits per heavy atom. The van der Waals surface area contributed by atoms with Crippen LogP contribution in [0, 0.1) is 46.8 Å². The minimum Gasteiger partial charge on any atom is -0.381 e. The summed E-state index contributed by atoms with van der Waals surface area (Å²) in [7, 11) is 5.36. The van der Waals surface area contributed by atoms with Gasteiger partial charge in [0.05, 0.1) is 48.3 Å². The van der Waals surface area contributed by atoms with Crippen molar-refractivity contribution in [3.63, 3.8) is 0 Å². The SMILES string of the molecule is CCC(C)C(CC(C)C(C)CC(C=O)(NC(=O)C(C(C)C)N(C)CCCCCCN)C(C)C)C(CC(=O)N1CCCC1C(OC)C(C)C(=O)CCCC1(C(=O)N2CCCCO2)CC1c1ccccc1)OC. The molecule has 3 amide bonds. The Balaban J connectivity index is 1.40. The molecule has 0 radical (unpaired) electrons.